The summed E-state index contributed by atoms with van der Waals surface area (Å²) in [4.78, 5) is 63.6. The number of non-ortho nitro benzene ring substituents is 2. The molecule has 2 aromatic heterocycles. The number of hydrogen-bond acceptors (Lipinski definition) is 10. The number of carboxylic acids is 2. The maximum Gasteiger partial charge on any atom is 0.420 e. The van der Waals surface area contributed by atoms with Crippen molar-refractivity contribution in [2.75, 3.05) is 0 Å². The van der Waals surface area contributed by atoms with Crippen molar-refractivity contribution in [3.8, 4) is 0 Å². The fourth-order valence-corrected chi connectivity index (χ4v) is 2.90. The van der Waals surface area contributed by atoms with Crippen molar-refractivity contribution in [2.24, 2.45) is 0 Å². The molecule has 0 aliphatic carbocycles. The minimum atomic E-state index is -1.23. The van der Waals surface area contributed by atoms with Crippen LogP contribution < -0.4 is 11.5 Å². The quantitative estimate of drug-likeness (QED) is 0.295. The Hall–Kier alpha value is -5.28. The van der Waals surface area contributed by atoms with Crippen molar-refractivity contribution in [2.45, 2.75) is 13.1 Å². The van der Waals surface area contributed by atoms with Crippen molar-refractivity contribution in [1.29, 1.82) is 0 Å². The van der Waals surface area contributed by atoms with Crippen LogP contribution >= 0.6 is 0 Å². The Bertz CT molecular complexity index is 1450. The monoisotopic (exact) mass is 476 g/mol. The van der Waals surface area contributed by atoms with Gasteiger partial charge in [0.2, 0.25) is 0 Å². The lowest BCUT2D eigenvalue weighted by molar-refractivity contribution is -0.384. The smallest absolute Gasteiger partial charge is 0.420 e. The van der Waals surface area contributed by atoms with Gasteiger partial charge in [0.1, 0.15) is 13.1 Å². The van der Waals surface area contributed by atoms with Gasteiger partial charge in [-0.2, -0.15) is 0 Å². The molecule has 0 atom stereocenters. The fourth-order valence-electron chi connectivity index (χ4n) is 2.90. The van der Waals surface area contributed by atoms with Gasteiger partial charge in [-0.3, -0.25) is 39.0 Å². The van der Waals surface area contributed by atoms with Crippen LogP contribution in [0, 0.1) is 20.2 Å². The molecule has 0 saturated carbocycles. The number of carboxylic acid groups (broad SMARTS) is 2. The SMILES string of the molecule is O=C(O)Cn1c(=O)oc2ccc([N+](=O)[O-])cc21.O=C(O)Cn1c(=O)oc2ccc([N+](=O)[O-])cc21. The first-order valence-electron chi connectivity index (χ1n) is 8.97. The lowest BCUT2D eigenvalue weighted by Gasteiger charge is -1.96. The van der Waals surface area contributed by atoms with Crippen molar-refractivity contribution >= 4 is 45.5 Å². The van der Waals surface area contributed by atoms with E-state index < -0.39 is 46.4 Å². The summed E-state index contributed by atoms with van der Waals surface area (Å²) >= 11 is 0. The van der Waals surface area contributed by atoms with E-state index in [-0.39, 0.29) is 33.6 Å². The number of rotatable bonds is 6. The van der Waals surface area contributed by atoms with Crippen LogP contribution in [0.1, 0.15) is 0 Å². The molecule has 176 valence electrons. The van der Waals surface area contributed by atoms with Gasteiger partial charge in [0, 0.05) is 24.3 Å². The van der Waals surface area contributed by atoms with E-state index in [1.807, 2.05) is 0 Å². The molecule has 0 unspecified atom stereocenters. The summed E-state index contributed by atoms with van der Waals surface area (Å²) in [5.74, 6) is -4.19. The molecule has 0 aliphatic heterocycles. The molecule has 0 radical (unpaired) electrons. The average molecular weight is 476 g/mol. The Kier molecular flexibility index (Phi) is 6.24. The van der Waals surface area contributed by atoms with Gasteiger partial charge in [0.15, 0.2) is 11.2 Å². The summed E-state index contributed by atoms with van der Waals surface area (Å²) in [6.07, 6.45) is 0. The first kappa shape index (κ1) is 23.4. The van der Waals surface area contributed by atoms with Crippen LogP contribution in [0.15, 0.2) is 54.8 Å². The van der Waals surface area contributed by atoms with E-state index in [9.17, 15) is 39.4 Å². The highest BCUT2D eigenvalue weighted by molar-refractivity contribution is 5.79. The summed E-state index contributed by atoms with van der Waals surface area (Å²) in [7, 11) is 0. The van der Waals surface area contributed by atoms with Gasteiger partial charge in [-0.05, 0) is 12.1 Å². The second kappa shape index (κ2) is 9.07. The molecule has 0 bridgehead atoms. The number of fused-ring (bicyclic) bond motifs is 2. The first-order chi connectivity index (χ1) is 16.0. The van der Waals surface area contributed by atoms with Crippen molar-refractivity contribution in [3.05, 3.63) is 77.7 Å². The molecule has 34 heavy (non-hydrogen) atoms. The largest absolute Gasteiger partial charge is 0.480 e. The molecule has 2 aromatic carbocycles. The predicted octanol–water partition coefficient (Wildman–Crippen LogP) is 1.17. The first-order valence-corrected chi connectivity index (χ1v) is 8.97. The Labute approximate surface area is 184 Å². The minimum Gasteiger partial charge on any atom is -0.480 e. The number of aliphatic carboxylic acids is 2. The van der Waals surface area contributed by atoms with E-state index in [0.29, 0.717) is 0 Å². The Morgan fingerprint density at radius 3 is 1.41 bits per heavy atom. The molecule has 16 heteroatoms. The number of benzene rings is 2. The number of hydrogen-bond donors (Lipinski definition) is 2. The van der Waals surface area contributed by atoms with Gasteiger partial charge in [0.05, 0.1) is 20.9 Å². The number of carbonyl (C=O) groups is 2. The molecule has 0 aliphatic rings. The summed E-state index contributed by atoms with van der Waals surface area (Å²) in [6.45, 7) is -1.21. The zero-order valence-electron chi connectivity index (χ0n) is 16.6. The Morgan fingerprint density at radius 2 is 1.12 bits per heavy atom. The maximum atomic E-state index is 11.3. The molecule has 0 fully saturated rings. The highest BCUT2D eigenvalue weighted by Crippen LogP contribution is 2.21. The Morgan fingerprint density at radius 1 is 0.765 bits per heavy atom. The molecule has 2 heterocycles. The van der Waals surface area contributed by atoms with E-state index in [1.54, 1.807) is 0 Å². The van der Waals surface area contributed by atoms with Crippen LogP contribution in [-0.2, 0) is 22.7 Å². The van der Waals surface area contributed by atoms with Crippen LogP contribution in [0.2, 0.25) is 0 Å². The number of oxazole rings is 2. The van der Waals surface area contributed by atoms with E-state index >= 15 is 0 Å². The topological polar surface area (TPSA) is 231 Å². The van der Waals surface area contributed by atoms with Gasteiger partial charge >= 0.3 is 23.5 Å². The van der Waals surface area contributed by atoms with Crippen LogP contribution in [0.3, 0.4) is 0 Å². The van der Waals surface area contributed by atoms with Crippen LogP contribution in [0.5, 0.6) is 0 Å². The zero-order valence-corrected chi connectivity index (χ0v) is 16.6. The number of nitro benzene ring substituents is 2. The highest BCUT2D eigenvalue weighted by atomic mass is 16.6. The van der Waals surface area contributed by atoms with Crippen molar-refractivity contribution in [1.82, 2.24) is 9.13 Å². The maximum absolute atomic E-state index is 11.3. The van der Waals surface area contributed by atoms with E-state index in [2.05, 4.69) is 0 Å². The molecule has 16 nitrogen and oxygen atoms in total. The number of nitrogens with zero attached hydrogens (tertiary/aromatic N) is 4. The molecule has 2 N–H and O–H groups in total. The lowest BCUT2D eigenvalue weighted by Crippen LogP contribution is -2.19. The van der Waals surface area contributed by atoms with Crippen molar-refractivity contribution < 1.29 is 38.5 Å². The molecule has 4 rings (SSSR count). The lowest BCUT2D eigenvalue weighted by atomic mass is 10.3. The molecular formula is C18H12N4O12. The zero-order chi connectivity index (χ0) is 25.2. The van der Waals surface area contributed by atoms with Gasteiger partial charge in [-0.1, -0.05) is 0 Å². The summed E-state index contributed by atoms with van der Waals surface area (Å²) in [5, 5.41) is 38.3. The molecule has 0 spiro atoms. The van der Waals surface area contributed by atoms with Crippen molar-refractivity contribution in [3.63, 3.8) is 0 Å². The molecule has 0 amide bonds. The van der Waals surface area contributed by atoms with E-state index in [4.69, 9.17) is 19.0 Å². The summed E-state index contributed by atoms with van der Waals surface area (Å²) in [6, 6.07) is 7.07. The van der Waals surface area contributed by atoms with E-state index in [1.165, 1.54) is 24.3 Å². The third kappa shape index (κ3) is 4.79. The third-order valence-corrected chi connectivity index (χ3v) is 4.31. The fraction of sp³-hybridized carbons (Fsp3) is 0.111. The standard InChI is InChI=1S/2C9H6N2O6/c2*12-8(13)4-10-6-3-5(11(15)16)1-2-7(6)17-9(10)14/h2*1-3H,4H2,(H,12,13). The molecule has 4 aromatic rings. The predicted molar refractivity (Wildman–Crippen MR) is 110 cm³/mol. The van der Waals surface area contributed by atoms with Gasteiger partial charge in [-0.25, -0.2) is 9.59 Å². The summed E-state index contributed by atoms with van der Waals surface area (Å²) < 4.78 is 11.2. The van der Waals surface area contributed by atoms with Gasteiger partial charge in [0.25, 0.3) is 11.4 Å². The highest BCUT2D eigenvalue weighted by Gasteiger charge is 2.17. The number of nitro groups is 2. The normalized spacial score (nSPS) is 10.6. The summed E-state index contributed by atoms with van der Waals surface area (Å²) in [5.41, 5.74) is -0.0724. The van der Waals surface area contributed by atoms with Crippen LogP contribution in [0.25, 0.3) is 22.2 Å². The Balaban J connectivity index is 0.000000191. The minimum absolute atomic E-state index is 0.0894. The average Bonchev–Trinajstić information content (AvgIpc) is 3.22. The molecular weight excluding hydrogens is 464 g/mol. The number of aromatic nitrogens is 2. The van der Waals surface area contributed by atoms with Crippen LogP contribution in [0.4, 0.5) is 11.4 Å². The van der Waals surface area contributed by atoms with Gasteiger partial charge < -0.3 is 19.0 Å². The third-order valence-electron chi connectivity index (χ3n) is 4.31. The second-order valence-corrected chi connectivity index (χ2v) is 6.51. The molecule has 0 saturated heterocycles. The second-order valence-electron chi connectivity index (χ2n) is 6.51. The van der Waals surface area contributed by atoms with Gasteiger partial charge in [-0.15, -0.1) is 0 Å². The van der Waals surface area contributed by atoms with Crippen LogP contribution in [-0.4, -0.2) is 41.1 Å². The van der Waals surface area contributed by atoms with E-state index in [0.717, 1.165) is 21.3 Å².